The number of amides is 1. The molecule has 3 rings (SSSR count). The molecule has 1 N–H and O–H groups in total. The minimum absolute atomic E-state index is 0.0515. The van der Waals surface area contributed by atoms with Gasteiger partial charge in [-0.05, 0) is 56.6 Å². The van der Waals surface area contributed by atoms with Gasteiger partial charge in [0.15, 0.2) is 6.10 Å². The maximum atomic E-state index is 12.4. The first-order valence-corrected chi connectivity index (χ1v) is 8.19. The van der Waals surface area contributed by atoms with Crippen LogP contribution in [0.25, 0.3) is 0 Å². The Hall–Kier alpha value is -1.51. The van der Waals surface area contributed by atoms with E-state index in [-0.39, 0.29) is 12.0 Å². The lowest BCUT2D eigenvalue weighted by Crippen LogP contribution is -2.45. The molecule has 4 atom stereocenters. The summed E-state index contributed by atoms with van der Waals surface area (Å²) in [7, 11) is 0. The molecule has 21 heavy (non-hydrogen) atoms. The van der Waals surface area contributed by atoms with Gasteiger partial charge in [-0.1, -0.05) is 31.0 Å². The van der Waals surface area contributed by atoms with Gasteiger partial charge in [0, 0.05) is 6.04 Å². The molecule has 0 saturated heterocycles. The van der Waals surface area contributed by atoms with Crippen LogP contribution in [-0.4, -0.2) is 18.1 Å². The number of carbonyl (C=O) groups excluding carboxylic acids is 1. The van der Waals surface area contributed by atoms with Gasteiger partial charge < -0.3 is 10.1 Å². The predicted octanol–water partition coefficient (Wildman–Crippen LogP) is 3.46. The number of rotatable bonds is 5. The molecule has 0 unspecified atom stereocenters. The largest absolute Gasteiger partial charge is 0.481 e. The molecule has 3 heteroatoms. The van der Waals surface area contributed by atoms with Gasteiger partial charge in [0.25, 0.3) is 5.91 Å². The molecule has 114 valence electrons. The Labute approximate surface area is 127 Å². The number of benzene rings is 1. The monoisotopic (exact) mass is 287 g/mol. The van der Waals surface area contributed by atoms with Crippen molar-refractivity contribution in [2.45, 2.75) is 58.1 Å². The lowest BCUT2D eigenvalue weighted by molar-refractivity contribution is -0.129. The Bertz CT molecular complexity index is 496. The van der Waals surface area contributed by atoms with Crippen LogP contribution in [0.15, 0.2) is 24.3 Å². The number of aryl methyl sites for hydroxylation is 1. The summed E-state index contributed by atoms with van der Waals surface area (Å²) >= 11 is 0. The van der Waals surface area contributed by atoms with E-state index in [1.807, 2.05) is 38.1 Å². The van der Waals surface area contributed by atoms with E-state index in [1.165, 1.54) is 24.8 Å². The molecule has 1 amide bonds. The number of fused-ring (bicyclic) bond motifs is 2. The zero-order valence-electron chi connectivity index (χ0n) is 13.0. The van der Waals surface area contributed by atoms with E-state index in [1.54, 1.807) is 0 Å². The van der Waals surface area contributed by atoms with Gasteiger partial charge in [0.2, 0.25) is 0 Å². The third-order valence-electron chi connectivity index (χ3n) is 5.03. The van der Waals surface area contributed by atoms with Crippen LogP contribution in [0.4, 0.5) is 0 Å². The zero-order chi connectivity index (χ0) is 14.8. The van der Waals surface area contributed by atoms with Crippen LogP contribution in [0.2, 0.25) is 0 Å². The van der Waals surface area contributed by atoms with Crippen LogP contribution >= 0.6 is 0 Å². The average molecular weight is 287 g/mol. The molecule has 2 aliphatic carbocycles. The van der Waals surface area contributed by atoms with E-state index in [0.717, 1.165) is 18.1 Å². The van der Waals surface area contributed by atoms with Crippen molar-refractivity contribution in [1.29, 1.82) is 0 Å². The molecule has 0 aliphatic heterocycles. The minimum atomic E-state index is -0.383. The molecule has 2 aliphatic rings. The third-order valence-corrected chi connectivity index (χ3v) is 5.03. The summed E-state index contributed by atoms with van der Waals surface area (Å²) < 4.78 is 5.86. The molecule has 2 saturated carbocycles. The fourth-order valence-corrected chi connectivity index (χ4v) is 3.80. The van der Waals surface area contributed by atoms with E-state index < -0.39 is 0 Å². The Morgan fingerprint density at radius 2 is 2.05 bits per heavy atom. The maximum absolute atomic E-state index is 12.4. The molecule has 0 aromatic heterocycles. The summed E-state index contributed by atoms with van der Waals surface area (Å²) in [6.45, 7) is 4.04. The van der Waals surface area contributed by atoms with Crippen molar-refractivity contribution in [1.82, 2.24) is 5.32 Å². The van der Waals surface area contributed by atoms with Gasteiger partial charge in [-0.15, -0.1) is 0 Å². The van der Waals surface area contributed by atoms with Crippen molar-refractivity contribution in [3.63, 3.8) is 0 Å². The van der Waals surface area contributed by atoms with E-state index in [9.17, 15) is 4.79 Å². The second-order valence-corrected chi connectivity index (χ2v) is 6.62. The van der Waals surface area contributed by atoms with E-state index in [4.69, 9.17) is 4.74 Å². The lowest BCUT2D eigenvalue weighted by Gasteiger charge is -2.25. The summed E-state index contributed by atoms with van der Waals surface area (Å²) in [6, 6.07) is 8.27. The first kappa shape index (κ1) is 14.4. The van der Waals surface area contributed by atoms with Gasteiger partial charge in [-0.3, -0.25) is 4.79 Å². The zero-order valence-corrected chi connectivity index (χ0v) is 13.0. The summed E-state index contributed by atoms with van der Waals surface area (Å²) in [5.74, 6) is 2.38. The second-order valence-electron chi connectivity index (χ2n) is 6.62. The van der Waals surface area contributed by atoms with Crippen molar-refractivity contribution < 1.29 is 9.53 Å². The number of hydrogen-bond acceptors (Lipinski definition) is 2. The molecule has 0 radical (unpaired) electrons. The first-order chi connectivity index (χ1) is 10.2. The second kappa shape index (κ2) is 6.08. The molecule has 2 fully saturated rings. The summed E-state index contributed by atoms with van der Waals surface area (Å²) in [5, 5.41) is 3.23. The van der Waals surface area contributed by atoms with Crippen molar-refractivity contribution in [2.75, 3.05) is 0 Å². The average Bonchev–Trinajstić information content (AvgIpc) is 3.09. The topological polar surface area (TPSA) is 38.3 Å². The molecular weight excluding hydrogens is 262 g/mol. The van der Waals surface area contributed by atoms with Crippen molar-refractivity contribution in [3.05, 3.63) is 29.8 Å². The molecule has 3 nitrogen and oxygen atoms in total. The summed E-state index contributed by atoms with van der Waals surface area (Å²) in [6.07, 6.45) is 5.42. The Morgan fingerprint density at radius 3 is 2.62 bits per heavy atom. The van der Waals surface area contributed by atoms with Crippen molar-refractivity contribution in [2.24, 2.45) is 11.8 Å². The minimum Gasteiger partial charge on any atom is -0.481 e. The molecule has 1 aromatic rings. The highest BCUT2D eigenvalue weighted by molar-refractivity contribution is 5.81. The van der Waals surface area contributed by atoms with E-state index >= 15 is 0 Å². The number of ether oxygens (including phenoxy) is 1. The third kappa shape index (κ3) is 3.22. The number of carbonyl (C=O) groups is 1. The Balaban J connectivity index is 1.57. The number of hydrogen-bond donors (Lipinski definition) is 1. The predicted molar refractivity (Wildman–Crippen MR) is 83.3 cm³/mol. The van der Waals surface area contributed by atoms with Gasteiger partial charge in [0.05, 0.1) is 0 Å². The quantitative estimate of drug-likeness (QED) is 0.900. The van der Waals surface area contributed by atoms with Crippen LogP contribution in [0.1, 0.15) is 44.6 Å². The normalized spacial score (nSPS) is 28.4. The summed E-state index contributed by atoms with van der Waals surface area (Å²) in [5.41, 5.74) is 1.20. The van der Waals surface area contributed by atoms with Crippen LogP contribution in [0.5, 0.6) is 5.75 Å². The molecule has 2 bridgehead atoms. The first-order valence-electron chi connectivity index (χ1n) is 8.19. The van der Waals surface area contributed by atoms with E-state index in [2.05, 4.69) is 5.32 Å². The van der Waals surface area contributed by atoms with Gasteiger partial charge in [0.1, 0.15) is 5.75 Å². The highest BCUT2D eigenvalue weighted by atomic mass is 16.5. The van der Waals surface area contributed by atoms with E-state index in [0.29, 0.717) is 18.4 Å². The fraction of sp³-hybridized carbons (Fsp3) is 0.611. The van der Waals surface area contributed by atoms with Crippen LogP contribution in [-0.2, 0) is 4.79 Å². The van der Waals surface area contributed by atoms with Gasteiger partial charge >= 0.3 is 0 Å². The van der Waals surface area contributed by atoms with Crippen molar-refractivity contribution in [3.8, 4) is 5.75 Å². The standard InChI is InChI=1S/C18H25NO2/c1-3-17(21-15-8-4-12(2)5-9-15)18(20)19-16-11-13-6-7-14(16)10-13/h4-5,8-9,13-14,16-17H,3,6-7,10-11H2,1-2H3,(H,19,20)/t13-,14-,16-,17+/m0/s1. The highest BCUT2D eigenvalue weighted by Gasteiger charge is 2.40. The maximum Gasteiger partial charge on any atom is 0.261 e. The van der Waals surface area contributed by atoms with Crippen LogP contribution in [0.3, 0.4) is 0 Å². The fourth-order valence-electron chi connectivity index (χ4n) is 3.80. The molecule has 0 heterocycles. The SMILES string of the molecule is CC[C@@H](Oc1ccc(C)cc1)C(=O)N[C@H]1C[C@H]2CC[C@H]1C2. The van der Waals surface area contributed by atoms with Gasteiger partial charge in [-0.2, -0.15) is 0 Å². The Kier molecular flexibility index (Phi) is 4.18. The number of nitrogens with one attached hydrogen (secondary N) is 1. The van der Waals surface area contributed by atoms with Crippen molar-refractivity contribution >= 4 is 5.91 Å². The summed E-state index contributed by atoms with van der Waals surface area (Å²) in [4.78, 5) is 12.4. The molecular formula is C18H25NO2. The smallest absolute Gasteiger partial charge is 0.261 e. The van der Waals surface area contributed by atoms with Crippen LogP contribution in [0, 0.1) is 18.8 Å². The van der Waals surface area contributed by atoms with Gasteiger partial charge in [-0.25, -0.2) is 0 Å². The molecule has 1 aromatic carbocycles. The lowest BCUT2D eigenvalue weighted by atomic mass is 9.95. The van der Waals surface area contributed by atoms with Crippen LogP contribution < -0.4 is 10.1 Å². The molecule has 0 spiro atoms. The highest BCUT2D eigenvalue weighted by Crippen LogP contribution is 2.44. The Morgan fingerprint density at radius 1 is 1.29 bits per heavy atom.